The maximum atomic E-state index is 13.0. The molecule has 1 aromatic carbocycles. The number of benzene rings is 1. The summed E-state index contributed by atoms with van der Waals surface area (Å²) in [4.78, 5) is 15.8. The molecule has 122 valence electrons. The molecule has 1 aliphatic heterocycles. The SMILES string of the molecule is CC1Cc2cccc(C(=O)NCc3nc(C(C)(F)F)no3)c2O1. The molecule has 0 spiro atoms. The highest BCUT2D eigenvalue weighted by Crippen LogP contribution is 2.32. The number of amides is 1. The van der Waals surface area contributed by atoms with Crippen LogP contribution in [0.3, 0.4) is 0 Å². The van der Waals surface area contributed by atoms with Crippen molar-refractivity contribution in [2.45, 2.75) is 38.8 Å². The second kappa shape index (κ2) is 5.60. The second-order valence-electron chi connectivity index (χ2n) is 5.51. The topological polar surface area (TPSA) is 77.3 Å². The fraction of sp³-hybridized carbons (Fsp3) is 0.400. The summed E-state index contributed by atoms with van der Waals surface area (Å²) in [6.45, 7) is 2.46. The number of aromatic nitrogens is 2. The molecule has 0 saturated heterocycles. The van der Waals surface area contributed by atoms with E-state index in [0.29, 0.717) is 18.2 Å². The summed E-state index contributed by atoms with van der Waals surface area (Å²) in [5.74, 6) is -3.81. The largest absolute Gasteiger partial charge is 0.489 e. The van der Waals surface area contributed by atoms with Gasteiger partial charge in [-0.05, 0) is 18.6 Å². The number of rotatable bonds is 4. The van der Waals surface area contributed by atoms with E-state index in [4.69, 9.17) is 9.26 Å². The van der Waals surface area contributed by atoms with Gasteiger partial charge >= 0.3 is 5.92 Å². The minimum atomic E-state index is -3.18. The standard InChI is InChI=1S/C15H15F2N3O3/c1-8-6-9-4-3-5-10(12(9)22-8)13(21)18-7-11-19-14(20-23-11)15(2,16)17/h3-5,8H,6-7H2,1-2H3,(H,18,21). The van der Waals surface area contributed by atoms with Crippen molar-refractivity contribution in [3.05, 3.63) is 41.0 Å². The number of alkyl halides is 2. The van der Waals surface area contributed by atoms with E-state index in [9.17, 15) is 13.6 Å². The van der Waals surface area contributed by atoms with Crippen LogP contribution in [0.5, 0.6) is 5.75 Å². The van der Waals surface area contributed by atoms with Gasteiger partial charge in [0.15, 0.2) is 0 Å². The van der Waals surface area contributed by atoms with E-state index < -0.39 is 11.7 Å². The van der Waals surface area contributed by atoms with E-state index in [1.54, 1.807) is 12.1 Å². The first kappa shape index (κ1) is 15.4. The number of ether oxygens (including phenoxy) is 1. The van der Waals surface area contributed by atoms with Crippen molar-refractivity contribution >= 4 is 5.91 Å². The summed E-state index contributed by atoms with van der Waals surface area (Å²) >= 11 is 0. The highest BCUT2D eigenvalue weighted by atomic mass is 19.3. The monoisotopic (exact) mass is 323 g/mol. The van der Waals surface area contributed by atoms with Crippen LogP contribution < -0.4 is 10.1 Å². The van der Waals surface area contributed by atoms with E-state index >= 15 is 0 Å². The smallest absolute Gasteiger partial charge is 0.307 e. The zero-order valence-electron chi connectivity index (χ0n) is 12.6. The van der Waals surface area contributed by atoms with Gasteiger partial charge in [-0.25, -0.2) is 0 Å². The fourth-order valence-electron chi connectivity index (χ4n) is 2.37. The maximum absolute atomic E-state index is 13.0. The van der Waals surface area contributed by atoms with Crippen molar-refractivity contribution in [2.75, 3.05) is 0 Å². The predicted molar refractivity (Wildman–Crippen MR) is 75.3 cm³/mol. The van der Waals surface area contributed by atoms with Crippen LogP contribution in [0.2, 0.25) is 0 Å². The van der Waals surface area contributed by atoms with Gasteiger partial charge in [-0.1, -0.05) is 17.3 Å². The van der Waals surface area contributed by atoms with Crippen molar-refractivity contribution in [3.63, 3.8) is 0 Å². The average Bonchev–Trinajstić information content (AvgIpc) is 3.08. The fourth-order valence-corrected chi connectivity index (χ4v) is 2.37. The molecule has 3 rings (SSSR count). The molecule has 1 aliphatic rings. The van der Waals surface area contributed by atoms with E-state index in [-0.39, 0.29) is 24.4 Å². The minimum absolute atomic E-state index is 0.0178. The van der Waals surface area contributed by atoms with Crippen molar-refractivity contribution in [2.24, 2.45) is 0 Å². The normalized spacial score (nSPS) is 16.8. The quantitative estimate of drug-likeness (QED) is 0.935. The molecule has 1 atom stereocenters. The first-order chi connectivity index (χ1) is 10.8. The molecule has 0 radical (unpaired) electrons. The van der Waals surface area contributed by atoms with Gasteiger partial charge in [0.05, 0.1) is 12.1 Å². The Kier molecular flexibility index (Phi) is 3.75. The first-order valence-electron chi connectivity index (χ1n) is 7.12. The van der Waals surface area contributed by atoms with Gasteiger partial charge in [0.1, 0.15) is 11.9 Å². The van der Waals surface area contributed by atoms with Crippen LogP contribution >= 0.6 is 0 Å². The predicted octanol–water partition coefficient (Wildman–Crippen LogP) is 2.43. The van der Waals surface area contributed by atoms with Crippen LogP contribution in [0.25, 0.3) is 0 Å². The van der Waals surface area contributed by atoms with Crippen LogP contribution in [0.15, 0.2) is 22.7 Å². The van der Waals surface area contributed by atoms with Crippen LogP contribution in [0.4, 0.5) is 8.78 Å². The average molecular weight is 323 g/mol. The third kappa shape index (κ3) is 3.15. The zero-order chi connectivity index (χ0) is 16.6. The van der Waals surface area contributed by atoms with Gasteiger partial charge in [0.25, 0.3) is 5.91 Å². The number of nitrogens with zero attached hydrogens (tertiary/aromatic N) is 2. The Bertz CT molecular complexity index is 740. The molecule has 8 heteroatoms. The van der Waals surface area contributed by atoms with Crippen molar-refractivity contribution in [1.29, 1.82) is 0 Å². The third-order valence-corrected chi connectivity index (χ3v) is 3.43. The molecule has 2 aromatic rings. The number of hydrogen-bond acceptors (Lipinski definition) is 5. The lowest BCUT2D eigenvalue weighted by Gasteiger charge is -2.09. The zero-order valence-corrected chi connectivity index (χ0v) is 12.6. The molecule has 0 bridgehead atoms. The summed E-state index contributed by atoms with van der Waals surface area (Å²) in [7, 11) is 0. The van der Waals surface area contributed by atoms with Crippen LogP contribution in [-0.4, -0.2) is 22.2 Å². The number of carbonyl (C=O) groups excluding carboxylic acids is 1. The van der Waals surface area contributed by atoms with E-state index in [1.807, 2.05) is 13.0 Å². The van der Waals surface area contributed by atoms with Gasteiger partial charge < -0.3 is 14.6 Å². The van der Waals surface area contributed by atoms with Crippen LogP contribution in [0.1, 0.15) is 41.5 Å². The number of hydrogen-bond donors (Lipinski definition) is 1. The number of halogens is 2. The molecular formula is C15H15F2N3O3. The summed E-state index contributed by atoms with van der Waals surface area (Å²) in [6.07, 6.45) is 0.763. The summed E-state index contributed by atoms with van der Waals surface area (Å²) in [6, 6.07) is 5.33. The second-order valence-corrected chi connectivity index (χ2v) is 5.51. The summed E-state index contributed by atoms with van der Waals surface area (Å²) in [5, 5.41) is 5.76. The van der Waals surface area contributed by atoms with Gasteiger partial charge in [-0.2, -0.15) is 13.8 Å². The molecule has 1 aromatic heterocycles. The minimum Gasteiger partial charge on any atom is -0.489 e. The Morgan fingerprint density at radius 1 is 1.48 bits per heavy atom. The molecular weight excluding hydrogens is 308 g/mol. The Labute approximate surface area is 130 Å². The number of carbonyl (C=O) groups is 1. The van der Waals surface area contributed by atoms with E-state index in [1.165, 1.54) is 0 Å². The van der Waals surface area contributed by atoms with Gasteiger partial charge in [0.2, 0.25) is 11.7 Å². The molecule has 1 amide bonds. The Hall–Kier alpha value is -2.51. The lowest BCUT2D eigenvalue weighted by atomic mass is 10.1. The number of nitrogens with one attached hydrogen (secondary N) is 1. The number of fused-ring (bicyclic) bond motifs is 1. The lowest BCUT2D eigenvalue weighted by molar-refractivity contribution is 0.00558. The van der Waals surface area contributed by atoms with Crippen molar-refractivity contribution in [3.8, 4) is 5.75 Å². The van der Waals surface area contributed by atoms with Crippen molar-refractivity contribution in [1.82, 2.24) is 15.5 Å². The Balaban J connectivity index is 1.69. The van der Waals surface area contributed by atoms with Gasteiger partial charge in [-0.15, -0.1) is 0 Å². The van der Waals surface area contributed by atoms with Gasteiger partial charge in [0, 0.05) is 13.3 Å². The van der Waals surface area contributed by atoms with Gasteiger partial charge in [-0.3, -0.25) is 4.79 Å². The molecule has 1 unspecified atom stereocenters. The Morgan fingerprint density at radius 2 is 2.26 bits per heavy atom. The molecule has 6 nitrogen and oxygen atoms in total. The Morgan fingerprint density at radius 3 is 2.96 bits per heavy atom. The molecule has 0 saturated carbocycles. The van der Waals surface area contributed by atoms with E-state index in [2.05, 4.69) is 15.5 Å². The molecule has 0 aliphatic carbocycles. The molecule has 0 fully saturated rings. The highest BCUT2D eigenvalue weighted by Gasteiger charge is 2.31. The third-order valence-electron chi connectivity index (χ3n) is 3.43. The molecule has 1 N–H and O–H groups in total. The molecule has 23 heavy (non-hydrogen) atoms. The first-order valence-corrected chi connectivity index (χ1v) is 7.12. The van der Waals surface area contributed by atoms with Crippen molar-refractivity contribution < 1.29 is 22.8 Å². The van der Waals surface area contributed by atoms with Crippen LogP contribution in [-0.2, 0) is 18.9 Å². The number of para-hydroxylation sites is 1. The van der Waals surface area contributed by atoms with Crippen LogP contribution in [0, 0.1) is 0 Å². The summed E-state index contributed by atoms with van der Waals surface area (Å²) in [5.41, 5.74) is 1.36. The van der Waals surface area contributed by atoms with E-state index in [0.717, 1.165) is 12.0 Å². The highest BCUT2D eigenvalue weighted by molar-refractivity contribution is 5.97. The summed E-state index contributed by atoms with van der Waals surface area (Å²) < 4.78 is 36.4. The lowest BCUT2D eigenvalue weighted by Crippen LogP contribution is -2.23. The maximum Gasteiger partial charge on any atom is 0.307 e. The molecule has 2 heterocycles.